The second-order valence-electron chi connectivity index (χ2n) is 3.35. The molecule has 0 saturated carbocycles. The zero-order valence-corrected chi connectivity index (χ0v) is 9.03. The number of halogens is 1. The molecule has 16 heavy (non-hydrogen) atoms. The minimum atomic E-state index is -0.556. The molecule has 0 bridgehead atoms. The van der Waals surface area contributed by atoms with Crippen LogP contribution in [0.1, 0.15) is 16.8 Å². The fraction of sp³-hybridized carbons (Fsp3) is 0.300. The molecule has 0 spiro atoms. The molecule has 1 atom stereocenters. The Bertz CT molecular complexity index is 436. The van der Waals surface area contributed by atoms with Crippen LogP contribution in [0.2, 0.25) is 5.15 Å². The smallest absolute Gasteiger partial charge is 0.328 e. The number of aromatic nitrogens is 1. The molecular weight excluding hydrogens is 232 g/mol. The third-order valence-electron chi connectivity index (χ3n) is 2.23. The highest BCUT2D eigenvalue weighted by molar-refractivity contribution is 6.29. The van der Waals surface area contributed by atoms with Gasteiger partial charge in [-0.3, -0.25) is 4.79 Å². The fourth-order valence-corrected chi connectivity index (χ4v) is 1.59. The summed E-state index contributed by atoms with van der Waals surface area (Å²) < 4.78 is 4.73. The number of ether oxygens (including phenoxy) is 1. The van der Waals surface area contributed by atoms with Crippen LogP contribution < -0.4 is 5.32 Å². The number of rotatable bonds is 2. The summed E-state index contributed by atoms with van der Waals surface area (Å²) >= 11 is 5.65. The highest BCUT2D eigenvalue weighted by Gasteiger charge is 2.28. The minimum Gasteiger partial charge on any atom is -0.464 e. The molecule has 1 unspecified atom stereocenters. The van der Waals surface area contributed by atoms with Crippen LogP contribution in [0.15, 0.2) is 18.3 Å². The van der Waals surface area contributed by atoms with Crippen molar-refractivity contribution >= 4 is 23.5 Å². The number of nitrogens with zero attached hydrogens (tertiary/aromatic N) is 1. The van der Waals surface area contributed by atoms with Gasteiger partial charge in [0.05, 0.1) is 6.61 Å². The molecule has 2 heterocycles. The molecular formula is C10H9ClN2O3. The van der Waals surface area contributed by atoms with E-state index in [2.05, 4.69) is 10.3 Å². The van der Waals surface area contributed by atoms with Gasteiger partial charge in [0.15, 0.2) is 0 Å². The summed E-state index contributed by atoms with van der Waals surface area (Å²) in [6.07, 6.45) is 1.94. The number of nitrogens with one attached hydrogen (secondary N) is 1. The third-order valence-corrected chi connectivity index (χ3v) is 2.44. The minimum absolute atomic E-state index is 0.238. The molecule has 5 nitrogen and oxygen atoms in total. The van der Waals surface area contributed by atoms with Crippen LogP contribution in [0.3, 0.4) is 0 Å². The third kappa shape index (κ3) is 2.30. The first-order chi connectivity index (χ1) is 7.66. The van der Waals surface area contributed by atoms with Crippen LogP contribution in [0.5, 0.6) is 0 Å². The summed E-state index contributed by atoms with van der Waals surface area (Å²) in [5.74, 6) is -0.748. The topological polar surface area (TPSA) is 68.3 Å². The van der Waals surface area contributed by atoms with Crippen LogP contribution in [-0.2, 0) is 9.53 Å². The van der Waals surface area contributed by atoms with E-state index < -0.39 is 12.0 Å². The zero-order valence-electron chi connectivity index (χ0n) is 8.27. The Morgan fingerprint density at radius 3 is 3.06 bits per heavy atom. The fourth-order valence-electron chi connectivity index (χ4n) is 1.41. The summed E-state index contributed by atoms with van der Waals surface area (Å²) in [5.41, 5.74) is 0.375. The number of hydrogen-bond donors (Lipinski definition) is 1. The molecule has 0 aromatic carbocycles. The normalized spacial score (nSPS) is 19.3. The Morgan fingerprint density at radius 2 is 2.44 bits per heavy atom. The average molecular weight is 241 g/mol. The van der Waals surface area contributed by atoms with Crippen molar-refractivity contribution in [1.82, 2.24) is 10.3 Å². The second-order valence-corrected chi connectivity index (χ2v) is 3.74. The molecule has 1 aliphatic rings. The van der Waals surface area contributed by atoms with E-state index in [1.807, 2.05) is 0 Å². The van der Waals surface area contributed by atoms with Gasteiger partial charge in [-0.25, -0.2) is 9.78 Å². The second kappa shape index (κ2) is 4.49. The van der Waals surface area contributed by atoms with E-state index in [4.69, 9.17) is 16.3 Å². The lowest BCUT2D eigenvalue weighted by molar-refractivity contribution is -0.139. The van der Waals surface area contributed by atoms with Crippen molar-refractivity contribution in [2.45, 2.75) is 12.5 Å². The van der Waals surface area contributed by atoms with Gasteiger partial charge in [-0.05, 0) is 12.1 Å². The summed E-state index contributed by atoms with van der Waals surface area (Å²) in [4.78, 5) is 26.6. The van der Waals surface area contributed by atoms with Gasteiger partial charge in [0.25, 0.3) is 5.91 Å². The van der Waals surface area contributed by atoms with Gasteiger partial charge in [-0.1, -0.05) is 11.6 Å². The highest BCUT2D eigenvalue weighted by atomic mass is 35.5. The summed E-state index contributed by atoms with van der Waals surface area (Å²) in [6, 6.07) is 2.41. The number of pyridine rings is 1. The number of hydrogen-bond acceptors (Lipinski definition) is 4. The van der Waals surface area contributed by atoms with E-state index >= 15 is 0 Å². The molecule has 84 valence electrons. The molecule has 1 saturated heterocycles. The van der Waals surface area contributed by atoms with Crippen molar-refractivity contribution < 1.29 is 14.3 Å². The van der Waals surface area contributed by atoms with Gasteiger partial charge in [0.2, 0.25) is 0 Å². The lowest BCUT2D eigenvalue weighted by Gasteiger charge is -2.08. The molecule has 1 fully saturated rings. The quantitative estimate of drug-likeness (QED) is 0.613. The van der Waals surface area contributed by atoms with Gasteiger partial charge in [-0.15, -0.1) is 0 Å². The zero-order chi connectivity index (χ0) is 11.5. The van der Waals surface area contributed by atoms with Gasteiger partial charge < -0.3 is 10.1 Å². The average Bonchev–Trinajstić information content (AvgIpc) is 2.64. The molecule has 2 rings (SSSR count). The van der Waals surface area contributed by atoms with E-state index in [1.165, 1.54) is 18.3 Å². The highest BCUT2D eigenvalue weighted by Crippen LogP contribution is 2.10. The lowest BCUT2D eigenvalue weighted by Crippen LogP contribution is -2.37. The van der Waals surface area contributed by atoms with Gasteiger partial charge in [-0.2, -0.15) is 0 Å². The molecule has 0 aliphatic carbocycles. The van der Waals surface area contributed by atoms with Crippen LogP contribution in [0.4, 0.5) is 0 Å². The van der Waals surface area contributed by atoms with Crippen molar-refractivity contribution in [2.75, 3.05) is 6.61 Å². The SMILES string of the molecule is O=C(NC1CCOC1=O)c1ccnc(Cl)c1. The first kappa shape index (κ1) is 10.9. The van der Waals surface area contributed by atoms with Crippen LogP contribution >= 0.6 is 11.6 Å². The summed E-state index contributed by atoms with van der Waals surface area (Å²) in [5, 5.41) is 2.81. The predicted octanol–water partition coefficient (Wildman–Crippen LogP) is 0.780. The maximum Gasteiger partial charge on any atom is 0.328 e. The van der Waals surface area contributed by atoms with Crippen molar-refractivity contribution in [2.24, 2.45) is 0 Å². The predicted molar refractivity (Wildman–Crippen MR) is 56.1 cm³/mol. The molecule has 1 aliphatic heterocycles. The van der Waals surface area contributed by atoms with Crippen LogP contribution in [0, 0.1) is 0 Å². The van der Waals surface area contributed by atoms with Crippen molar-refractivity contribution in [3.8, 4) is 0 Å². The molecule has 1 aromatic heterocycles. The largest absolute Gasteiger partial charge is 0.464 e. The monoisotopic (exact) mass is 240 g/mol. The number of amides is 1. The Hall–Kier alpha value is -1.62. The van der Waals surface area contributed by atoms with Gasteiger partial charge in [0.1, 0.15) is 11.2 Å². The maximum absolute atomic E-state index is 11.7. The maximum atomic E-state index is 11.7. The Balaban J connectivity index is 2.05. The molecule has 6 heteroatoms. The van der Waals surface area contributed by atoms with E-state index in [0.29, 0.717) is 18.6 Å². The van der Waals surface area contributed by atoms with E-state index in [9.17, 15) is 9.59 Å². The first-order valence-corrected chi connectivity index (χ1v) is 5.13. The van der Waals surface area contributed by atoms with Crippen LogP contribution in [-0.4, -0.2) is 29.5 Å². The van der Waals surface area contributed by atoms with E-state index in [1.54, 1.807) is 0 Å². The van der Waals surface area contributed by atoms with Crippen molar-refractivity contribution in [1.29, 1.82) is 0 Å². The lowest BCUT2D eigenvalue weighted by atomic mass is 10.2. The van der Waals surface area contributed by atoms with Gasteiger partial charge >= 0.3 is 5.97 Å². The number of esters is 1. The standard InChI is InChI=1S/C10H9ClN2O3/c11-8-5-6(1-3-12-8)9(14)13-7-2-4-16-10(7)15/h1,3,5,7H,2,4H2,(H,13,14). The van der Waals surface area contributed by atoms with Crippen molar-refractivity contribution in [3.63, 3.8) is 0 Å². The molecule has 1 aromatic rings. The molecule has 0 radical (unpaired) electrons. The van der Waals surface area contributed by atoms with Crippen molar-refractivity contribution in [3.05, 3.63) is 29.0 Å². The first-order valence-electron chi connectivity index (χ1n) is 4.76. The van der Waals surface area contributed by atoms with E-state index in [-0.39, 0.29) is 11.1 Å². The number of carbonyl (C=O) groups excluding carboxylic acids is 2. The Labute approximate surface area is 96.8 Å². The van der Waals surface area contributed by atoms with Crippen LogP contribution in [0.25, 0.3) is 0 Å². The van der Waals surface area contributed by atoms with Gasteiger partial charge in [0, 0.05) is 18.2 Å². The Morgan fingerprint density at radius 1 is 1.62 bits per heavy atom. The molecule has 1 amide bonds. The molecule has 1 N–H and O–H groups in total. The summed E-state index contributed by atoms with van der Waals surface area (Å²) in [6.45, 7) is 0.348. The summed E-state index contributed by atoms with van der Waals surface area (Å²) in [7, 11) is 0. The number of cyclic esters (lactones) is 1. The Kier molecular flexibility index (Phi) is 3.05. The number of carbonyl (C=O) groups is 2. The van der Waals surface area contributed by atoms with E-state index in [0.717, 1.165) is 0 Å².